The van der Waals surface area contributed by atoms with Crippen LogP contribution in [-0.2, 0) is 18.8 Å². The minimum atomic E-state index is -2.75. The fourth-order valence-electron chi connectivity index (χ4n) is 4.37. The maximum absolute atomic E-state index is 11.2. The Labute approximate surface area is 221 Å². The number of carboxylic acid groups (broad SMARTS) is 1. The van der Waals surface area contributed by atoms with Gasteiger partial charge in [-0.25, -0.2) is 4.79 Å². The van der Waals surface area contributed by atoms with Gasteiger partial charge in [0.15, 0.2) is 6.29 Å². The number of rotatable bonds is 26. The summed E-state index contributed by atoms with van der Waals surface area (Å²) in [5.74, 6) is -1.19. The number of thiol groups is 1. The summed E-state index contributed by atoms with van der Waals surface area (Å²) >= 11 is 4.59. The molecule has 0 heterocycles. The van der Waals surface area contributed by atoms with Gasteiger partial charge in [0.05, 0.1) is 0 Å². The van der Waals surface area contributed by atoms with E-state index >= 15 is 0 Å². The maximum atomic E-state index is 11.2. The first kappa shape index (κ1) is 34.8. The van der Waals surface area contributed by atoms with Crippen LogP contribution >= 0.6 is 21.1 Å². The van der Waals surface area contributed by atoms with Crippen LogP contribution in [0.4, 0.5) is 0 Å². The van der Waals surface area contributed by atoms with E-state index in [-0.39, 0.29) is 0 Å². The molecule has 0 saturated heterocycles. The normalized spacial score (nSPS) is 16.1. The van der Waals surface area contributed by atoms with Crippen molar-refractivity contribution in [1.29, 1.82) is 0 Å². The molecule has 0 saturated carbocycles. The number of aliphatic hydroxyl groups is 1. The van der Waals surface area contributed by atoms with Gasteiger partial charge < -0.3 is 14.9 Å². The Kier molecular flexibility index (Phi) is 22.8. The first-order valence-electron chi connectivity index (χ1n) is 14.2. The zero-order valence-electron chi connectivity index (χ0n) is 22.6. The monoisotopic (exact) mass is 537 g/mol. The average molecular weight is 538 g/mol. The lowest BCUT2D eigenvalue weighted by Crippen LogP contribution is -2.40. The molecule has 0 bridgehead atoms. The molecule has 0 aromatic carbocycles. The molecule has 0 aromatic rings. The molecule has 5 unspecified atom stereocenters. The molecule has 0 spiro atoms. The predicted octanol–water partition coefficient (Wildman–Crippen LogP) is 8.44. The van der Waals surface area contributed by atoms with Gasteiger partial charge in [0.2, 0.25) is 0 Å². The van der Waals surface area contributed by atoms with Crippen LogP contribution in [0.3, 0.4) is 0 Å². The molecule has 8 heteroatoms. The fourth-order valence-corrected chi connectivity index (χ4v) is 5.07. The Morgan fingerprint density at radius 1 is 0.829 bits per heavy atom. The lowest BCUT2D eigenvalue weighted by Gasteiger charge is -2.26. The SMILES string of the molecule is CCCCCCCCCCCCC(CCCCCCC)CC(S)OC(CC)OC(O)([PH+]=O)C(=O)O. The van der Waals surface area contributed by atoms with E-state index in [4.69, 9.17) is 14.6 Å². The van der Waals surface area contributed by atoms with Crippen molar-refractivity contribution in [1.82, 2.24) is 0 Å². The second-order valence-electron chi connectivity index (χ2n) is 9.87. The van der Waals surface area contributed by atoms with Crippen LogP contribution in [-0.4, -0.2) is 33.4 Å². The molecule has 2 N–H and O–H groups in total. The largest absolute Gasteiger partial charge is 0.474 e. The Morgan fingerprint density at radius 3 is 1.63 bits per heavy atom. The van der Waals surface area contributed by atoms with Crippen LogP contribution in [0.1, 0.15) is 143 Å². The van der Waals surface area contributed by atoms with Crippen molar-refractivity contribution in [3.05, 3.63) is 0 Å². The van der Waals surface area contributed by atoms with Gasteiger partial charge in [0.1, 0.15) is 5.44 Å². The molecular formula is C27H54O6PS+. The van der Waals surface area contributed by atoms with Crippen molar-refractivity contribution in [2.75, 3.05) is 0 Å². The number of hydrogen-bond acceptors (Lipinski definition) is 6. The van der Waals surface area contributed by atoms with Crippen LogP contribution in [0.15, 0.2) is 0 Å². The molecule has 0 rings (SSSR count). The summed E-state index contributed by atoms with van der Waals surface area (Å²) < 4.78 is 22.1. The lowest BCUT2D eigenvalue weighted by atomic mass is 9.91. The molecule has 0 radical (unpaired) electrons. The zero-order valence-corrected chi connectivity index (χ0v) is 24.5. The van der Waals surface area contributed by atoms with Crippen molar-refractivity contribution in [3.8, 4) is 0 Å². The van der Waals surface area contributed by atoms with Crippen molar-refractivity contribution in [3.63, 3.8) is 0 Å². The lowest BCUT2D eigenvalue weighted by molar-refractivity contribution is -0.256. The van der Waals surface area contributed by atoms with E-state index in [0.29, 0.717) is 12.3 Å². The summed E-state index contributed by atoms with van der Waals surface area (Å²) in [6.45, 7) is 6.24. The topological polar surface area (TPSA) is 93.1 Å². The van der Waals surface area contributed by atoms with Gasteiger partial charge in [-0.15, -0.1) is 12.6 Å². The van der Waals surface area contributed by atoms with E-state index in [1.807, 2.05) is 0 Å². The van der Waals surface area contributed by atoms with Gasteiger partial charge in [-0.2, -0.15) is 0 Å². The molecule has 0 fully saturated rings. The van der Waals surface area contributed by atoms with Gasteiger partial charge in [0.25, 0.3) is 0 Å². The number of carboxylic acids is 1. The van der Waals surface area contributed by atoms with E-state index < -0.39 is 31.7 Å². The summed E-state index contributed by atoms with van der Waals surface area (Å²) in [6.07, 6.45) is 21.8. The third-order valence-electron chi connectivity index (χ3n) is 6.59. The Balaban J connectivity index is 4.51. The van der Waals surface area contributed by atoms with Crippen LogP contribution < -0.4 is 0 Å². The van der Waals surface area contributed by atoms with Crippen LogP contribution in [0.2, 0.25) is 0 Å². The molecule has 0 amide bonds. The second kappa shape index (κ2) is 23.0. The number of ether oxygens (including phenoxy) is 2. The third-order valence-corrected chi connectivity index (χ3v) is 7.53. The highest BCUT2D eigenvalue weighted by atomic mass is 32.1. The quantitative estimate of drug-likeness (QED) is 0.0444. The van der Waals surface area contributed by atoms with E-state index in [1.54, 1.807) is 6.92 Å². The molecule has 6 nitrogen and oxygen atoms in total. The standard InChI is InChI=1S/C27H53O6PS/c1-4-7-9-11-12-13-14-15-17-19-21-23(20-18-16-10-8-5-2)22-25(35)32-24(6-3)33-27(30,34-31)26(28)29/h23-25,30,35H,4-22H2,1-3H3,(H,28,29)/p+1. The molecular weight excluding hydrogens is 483 g/mol. The number of aliphatic carboxylic acids is 1. The highest BCUT2D eigenvalue weighted by molar-refractivity contribution is 7.80. The first-order valence-corrected chi connectivity index (χ1v) is 15.6. The fraction of sp³-hybridized carbons (Fsp3) is 0.963. The Morgan fingerprint density at radius 2 is 1.26 bits per heavy atom. The molecule has 0 aliphatic heterocycles. The van der Waals surface area contributed by atoms with E-state index in [2.05, 4.69) is 26.5 Å². The summed E-state index contributed by atoms with van der Waals surface area (Å²) in [6, 6.07) is 0. The van der Waals surface area contributed by atoms with Crippen LogP contribution in [0, 0.1) is 5.92 Å². The molecule has 5 atom stereocenters. The molecule has 35 heavy (non-hydrogen) atoms. The molecule has 208 valence electrons. The minimum Gasteiger partial charge on any atom is -0.474 e. The van der Waals surface area contributed by atoms with Crippen molar-refractivity contribution >= 4 is 27.1 Å². The number of unbranched alkanes of at least 4 members (excludes halogenated alkanes) is 13. The van der Waals surface area contributed by atoms with Crippen LogP contribution in [0.25, 0.3) is 0 Å². The van der Waals surface area contributed by atoms with Gasteiger partial charge in [-0.3, -0.25) is 4.74 Å². The molecule has 0 aliphatic carbocycles. The minimum absolute atomic E-state index is 0.317. The highest BCUT2D eigenvalue weighted by Gasteiger charge is 2.50. The molecule has 0 aromatic heterocycles. The van der Waals surface area contributed by atoms with Crippen LogP contribution in [0.5, 0.6) is 0 Å². The van der Waals surface area contributed by atoms with Gasteiger partial charge in [-0.05, 0) is 18.8 Å². The summed E-state index contributed by atoms with van der Waals surface area (Å²) in [7, 11) is -1.55. The summed E-state index contributed by atoms with van der Waals surface area (Å²) in [5.41, 5.74) is -3.18. The predicted molar refractivity (Wildman–Crippen MR) is 149 cm³/mol. The zero-order chi connectivity index (χ0) is 26.4. The maximum Gasteiger partial charge on any atom is 0.472 e. The van der Waals surface area contributed by atoms with E-state index in [1.165, 1.54) is 96.3 Å². The van der Waals surface area contributed by atoms with Crippen molar-refractivity contribution in [2.45, 2.75) is 160 Å². The third kappa shape index (κ3) is 18.7. The van der Waals surface area contributed by atoms with E-state index in [0.717, 1.165) is 19.3 Å². The van der Waals surface area contributed by atoms with Gasteiger partial charge in [-0.1, -0.05) is 134 Å². The Bertz CT molecular complexity index is 524. The average Bonchev–Trinajstić information content (AvgIpc) is 2.84. The number of hydrogen-bond donors (Lipinski definition) is 3. The second-order valence-corrected chi connectivity index (χ2v) is 11.3. The van der Waals surface area contributed by atoms with Gasteiger partial charge >= 0.3 is 20.0 Å². The molecule has 0 aliphatic rings. The summed E-state index contributed by atoms with van der Waals surface area (Å²) in [4.78, 5) is 11.2. The van der Waals surface area contributed by atoms with Crippen molar-refractivity contribution < 1.29 is 29.0 Å². The smallest absolute Gasteiger partial charge is 0.472 e. The Hall–Kier alpha value is -0.200. The summed E-state index contributed by atoms with van der Waals surface area (Å²) in [5, 5.41) is 19.0. The number of carbonyl (C=O) groups is 1. The van der Waals surface area contributed by atoms with Gasteiger partial charge in [0, 0.05) is 0 Å². The van der Waals surface area contributed by atoms with E-state index in [9.17, 15) is 14.5 Å². The highest BCUT2D eigenvalue weighted by Crippen LogP contribution is 2.29. The first-order chi connectivity index (χ1) is 16.8. The van der Waals surface area contributed by atoms with Crippen molar-refractivity contribution in [2.24, 2.45) is 5.92 Å².